The third kappa shape index (κ3) is 3.27. The Hall–Kier alpha value is -1.80. The fourth-order valence-electron chi connectivity index (χ4n) is 2.42. The average molecular weight is 314 g/mol. The van der Waals surface area contributed by atoms with Crippen molar-refractivity contribution in [2.24, 2.45) is 5.14 Å². The summed E-state index contributed by atoms with van der Waals surface area (Å²) < 4.78 is 27.8. The van der Waals surface area contributed by atoms with Crippen LogP contribution in [-0.4, -0.2) is 49.8 Å². The van der Waals surface area contributed by atoms with E-state index >= 15 is 0 Å². The van der Waals surface area contributed by atoms with Gasteiger partial charge in [0.2, 0.25) is 10.0 Å². The number of sulfonamides is 1. The first-order valence-corrected chi connectivity index (χ1v) is 8.12. The van der Waals surface area contributed by atoms with Gasteiger partial charge in [0.05, 0.1) is 17.9 Å². The smallest absolute Gasteiger partial charge is 0.257 e. The lowest BCUT2D eigenvalue weighted by Gasteiger charge is -2.31. The number of primary sulfonamides is 1. The number of nitrogens with zero attached hydrogens (tertiary/aromatic N) is 1. The van der Waals surface area contributed by atoms with Crippen molar-refractivity contribution in [3.05, 3.63) is 23.8 Å². The lowest BCUT2D eigenvalue weighted by molar-refractivity contribution is 0.0723. The topological polar surface area (TPSA) is 110 Å². The van der Waals surface area contributed by atoms with Crippen LogP contribution in [0, 0.1) is 0 Å². The zero-order chi connectivity index (χ0) is 15.6. The van der Waals surface area contributed by atoms with Crippen LogP contribution in [-0.2, 0) is 10.0 Å². The fourth-order valence-corrected chi connectivity index (χ4v) is 3.30. The highest BCUT2D eigenvalue weighted by Crippen LogP contribution is 2.31. The molecule has 0 spiro atoms. The van der Waals surface area contributed by atoms with E-state index in [9.17, 15) is 18.3 Å². The maximum atomic E-state index is 12.4. The summed E-state index contributed by atoms with van der Waals surface area (Å²) in [6.07, 6.45) is 0.990. The van der Waals surface area contributed by atoms with Crippen molar-refractivity contribution in [1.82, 2.24) is 4.90 Å². The molecule has 1 aromatic carbocycles. The van der Waals surface area contributed by atoms with Crippen LogP contribution in [0.5, 0.6) is 11.5 Å². The largest absolute Gasteiger partial charge is 0.504 e. The number of aromatic hydroxyl groups is 1. The van der Waals surface area contributed by atoms with Gasteiger partial charge in [0.25, 0.3) is 5.91 Å². The van der Waals surface area contributed by atoms with E-state index in [2.05, 4.69) is 0 Å². The third-order valence-corrected chi connectivity index (χ3v) is 4.89. The molecule has 1 aliphatic heterocycles. The normalized spacial score (nSPS) is 19.3. The predicted molar refractivity (Wildman–Crippen MR) is 76.7 cm³/mol. The Morgan fingerprint density at radius 2 is 2.19 bits per heavy atom. The molecule has 1 amide bonds. The molecule has 1 fully saturated rings. The maximum Gasteiger partial charge on any atom is 0.257 e. The van der Waals surface area contributed by atoms with Crippen molar-refractivity contribution in [3.8, 4) is 11.5 Å². The molecule has 0 aromatic heterocycles. The summed E-state index contributed by atoms with van der Waals surface area (Å²) in [4.78, 5) is 13.8. The zero-order valence-electron chi connectivity index (χ0n) is 11.7. The molecule has 1 atom stereocenters. The van der Waals surface area contributed by atoms with Crippen LogP contribution in [0.2, 0.25) is 0 Å². The Morgan fingerprint density at radius 3 is 2.81 bits per heavy atom. The number of methoxy groups -OCH3 is 1. The second-order valence-corrected chi connectivity index (χ2v) is 6.81. The molecular formula is C13H18N2O5S. The monoisotopic (exact) mass is 314 g/mol. The number of ether oxygens (including phenoxy) is 1. The standard InChI is InChI=1S/C13H18N2O5S/c1-20-11-6-2-5-10(12(11)16)13(17)15-7-3-4-9(8-15)21(14,18)19/h2,5-6,9,16H,3-4,7-8H2,1H3,(H2,14,18,19). The number of para-hydroxylation sites is 1. The highest BCUT2D eigenvalue weighted by Gasteiger charge is 2.31. The summed E-state index contributed by atoms with van der Waals surface area (Å²) in [6.45, 7) is 0.468. The van der Waals surface area contributed by atoms with Gasteiger partial charge < -0.3 is 14.7 Å². The number of benzene rings is 1. The number of hydrogen-bond acceptors (Lipinski definition) is 5. The van der Waals surface area contributed by atoms with Gasteiger partial charge >= 0.3 is 0 Å². The highest BCUT2D eigenvalue weighted by molar-refractivity contribution is 7.89. The molecule has 0 aliphatic carbocycles. The van der Waals surface area contributed by atoms with Gasteiger partial charge in [0.1, 0.15) is 0 Å². The Morgan fingerprint density at radius 1 is 1.48 bits per heavy atom. The molecule has 0 saturated carbocycles. The number of rotatable bonds is 3. The minimum atomic E-state index is -3.68. The van der Waals surface area contributed by atoms with Crippen LogP contribution in [0.1, 0.15) is 23.2 Å². The number of likely N-dealkylation sites (tertiary alicyclic amines) is 1. The molecular weight excluding hydrogens is 296 g/mol. The molecule has 3 N–H and O–H groups in total. The van der Waals surface area contributed by atoms with E-state index in [0.29, 0.717) is 19.4 Å². The summed E-state index contributed by atoms with van der Waals surface area (Å²) in [5.41, 5.74) is 0.0874. The lowest BCUT2D eigenvalue weighted by atomic mass is 10.1. The van der Waals surface area contributed by atoms with Gasteiger partial charge in [-0.15, -0.1) is 0 Å². The summed E-state index contributed by atoms with van der Waals surface area (Å²) in [5, 5.41) is 14.4. The highest BCUT2D eigenvalue weighted by atomic mass is 32.2. The van der Waals surface area contributed by atoms with Crippen molar-refractivity contribution in [1.29, 1.82) is 0 Å². The quantitative estimate of drug-likeness (QED) is 0.833. The Bertz CT molecular complexity index is 644. The maximum absolute atomic E-state index is 12.4. The van der Waals surface area contributed by atoms with E-state index in [0.717, 1.165) is 0 Å². The molecule has 1 aromatic rings. The van der Waals surface area contributed by atoms with E-state index in [1.807, 2.05) is 0 Å². The van der Waals surface area contributed by atoms with Gasteiger partial charge in [0.15, 0.2) is 11.5 Å². The number of carbonyl (C=O) groups is 1. The van der Waals surface area contributed by atoms with E-state index in [1.54, 1.807) is 6.07 Å². The number of carbonyl (C=O) groups excluding carboxylic acids is 1. The van der Waals surface area contributed by atoms with E-state index in [4.69, 9.17) is 9.88 Å². The Kier molecular flexibility index (Phi) is 4.38. The zero-order valence-corrected chi connectivity index (χ0v) is 12.5. The first kappa shape index (κ1) is 15.6. The third-order valence-electron chi connectivity index (χ3n) is 3.58. The van der Waals surface area contributed by atoms with E-state index in [1.165, 1.54) is 24.1 Å². The molecule has 1 unspecified atom stereocenters. The Labute approximate surface area is 123 Å². The molecule has 2 rings (SSSR count). The number of hydrogen-bond donors (Lipinski definition) is 2. The summed E-state index contributed by atoms with van der Waals surface area (Å²) in [5.74, 6) is -0.483. The van der Waals surface area contributed by atoms with Crippen LogP contribution < -0.4 is 9.88 Å². The van der Waals surface area contributed by atoms with Crippen molar-refractivity contribution < 1.29 is 23.1 Å². The number of phenolic OH excluding ortho intramolecular Hbond substituents is 1. The minimum Gasteiger partial charge on any atom is -0.504 e. The first-order valence-electron chi connectivity index (χ1n) is 6.51. The van der Waals surface area contributed by atoms with Gasteiger partial charge in [-0.25, -0.2) is 13.6 Å². The second-order valence-electron chi connectivity index (χ2n) is 4.96. The van der Waals surface area contributed by atoms with Crippen molar-refractivity contribution in [3.63, 3.8) is 0 Å². The molecule has 1 heterocycles. The van der Waals surface area contributed by atoms with Crippen LogP contribution in [0.25, 0.3) is 0 Å². The van der Waals surface area contributed by atoms with E-state index in [-0.39, 0.29) is 23.6 Å². The van der Waals surface area contributed by atoms with Gasteiger partial charge in [-0.3, -0.25) is 4.79 Å². The van der Waals surface area contributed by atoms with Gasteiger partial charge in [0, 0.05) is 13.1 Å². The molecule has 7 nitrogen and oxygen atoms in total. The predicted octanol–water partition coefficient (Wildman–Crippen LogP) is 0.294. The van der Waals surface area contributed by atoms with Gasteiger partial charge in [-0.05, 0) is 25.0 Å². The lowest BCUT2D eigenvalue weighted by Crippen LogP contribution is -2.47. The molecule has 1 saturated heterocycles. The number of amides is 1. The first-order chi connectivity index (χ1) is 9.84. The number of piperidine rings is 1. The van der Waals surface area contributed by atoms with Crippen molar-refractivity contribution in [2.75, 3.05) is 20.2 Å². The van der Waals surface area contributed by atoms with Crippen molar-refractivity contribution in [2.45, 2.75) is 18.1 Å². The number of nitrogens with two attached hydrogens (primary N) is 1. The van der Waals surface area contributed by atoms with Crippen molar-refractivity contribution >= 4 is 15.9 Å². The van der Waals surface area contributed by atoms with Crippen LogP contribution >= 0.6 is 0 Å². The SMILES string of the molecule is COc1cccc(C(=O)N2CCCC(S(N)(=O)=O)C2)c1O. The fraction of sp³-hybridized carbons (Fsp3) is 0.462. The van der Waals surface area contributed by atoms with Gasteiger partial charge in [-0.1, -0.05) is 6.07 Å². The molecule has 1 aliphatic rings. The summed E-state index contributed by atoms with van der Waals surface area (Å²) in [7, 11) is -2.29. The molecule has 8 heteroatoms. The Balaban J connectivity index is 2.24. The van der Waals surface area contributed by atoms with E-state index < -0.39 is 21.2 Å². The molecule has 0 radical (unpaired) electrons. The summed E-state index contributed by atoms with van der Waals surface area (Å²) in [6, 6.07) is 4.60. The molecule has 0 bridgehead atoms. The minimum absolute atomic E-state index is 0.0360. The van der Waals surface area contributed by atoms with Gasteiger partial charge in [-0.2, -0.15) is 0 Å². The summed E-state index contributed by atoms with van der Waals surface area (Å²) >= 11 is 0. The molecule has 21 heavy (non-hydrogen) atoms. The van der Waals surface area contributed by atoms with Crippen LogP contribution in [0.4, 0.5) is 0 Å². The molecule has 116 valence electrons. The van der Waals surface area contributed by atoms with Crippen LogP contribution in [0.15, 0.2) is 18.2 Å². The second kappa shape index (κ2) is 5.90. The average Bonchev–Trinajstić information content (AvgIpc) is 2.46. The van der Waals surface area contributed by atoms with Crippen LogP contribution in [0.3, 0.4) is 0 Å². The number of phenols is 1.